The number of esters is 2. The van der Waals surface area contributed by atoms with Crippen molar-refractivity contribution < 1.29 is 32.3 Å². The van der Waals surface area contributed by atoms with Gasteiger partial charge >= 0.3 is 11.9 Å². The largest absolute Gasteiger partial charge is 0.465 e. The third-order valence-corrected chi connectivity index (χ3v) is 7.23. The molecule has 3 rings (SSSR count). The van der Waals surface area contributed by atoms with Gasteiger partial charge in [-0.15, -0.1) is 0 Å². The van der Waals surface area contributed by atoms with E-state index in [2.05, 4.69) is 10.1 Å². The number of ether oxygens (including phenoxy) is 2. The molecular weight excluding hydrogens is 448 g/mol. The van der Waals surface area contributed by atoms with Crippen molar-refractivity contribution in [3.05, 3.63) is 59.7 Å². The van der Waals surface area contributed by atoms with Crippen LogP contribution >= 0.6 is 0 Å². The number of piperidine rings is 1. The maximum atomic E-state index is 13.1. The van der Waals surface area contributed by atoms with Crippen molar-refractivity contribution in [1.29, 1.82) is 0 Å². The molecule has 9 nitrogen and oxygen atoms in total. The van der Waals surface area contributed by atoms with Crippen LogP contribution in [0, 0.1) is 6.92 Å². The van der Waals surface area contributed by atoms with Gasteiger partial charge in [-0.3, -0.25) is 9.59 Å². The van der Waals surface area contributed by atoms with Gasteiger partial charge in [0.1, 0.15) is 6.04 Å². The SMILES string of the molecule is COC(=O)c1ccccc1NC(=O)COC(=O)C1CCCCN1S(=O)(=O)c1ccc(C)cc1. The Morgan fingerprint density at radius 3 is 2.45 bits per heavy atom. The normalized spacial score (nSPS) is 16.6. The molecule has 33 heavy (non-hydrogen) atoms. The highest BCUT2D eigenvalue weighted by Crippen LogP contribution is 2.26. The van der Waals surface area contributed by atoms with Gasteiger partial charge in [-0.1, -0.05) is 29.8 Å². The first-order chi connectivity index (χ1) is 15.7. The average molecular weight is 475 g/mol. The lowest BCUT2D eigenvalue weighted by Crippen LogP contribution is -2.48. The van der Waals surface area contributed by atoms with E-state index in [1.54, 1.807) is 24.3 Å². The van der Waals surface area contributed by atoms with Crippen LogP contribution in [0.2, 0.25) is 0 Å². The van der Waals surface area contributed by atoms with E-state index < -0.39 is 40.5 Å². The van der Waals surface area contributed by atoms with Gasteiger partial charge in [0.15, 0.2) is 6.61 Å². The number of nitrogens with zero attached hydrogens (tertiary/aromatic N) is 1. The van der Waals surface area contributed by atoms with Crippen molar-refractivity contribution in [3.63, 3.8) is 0 Å². The number of methoxy groups -OCH3 is 1. The minimum Gasteiger partial charge on any atom is -0.465 e. The topological polar surface area (TPSA) is 119 Å². The molecule has 1 fully saturated rings. The zero-order chi connectivity index (χ0) is 24.0. The van der Waals surface area contributed by atoms with Crippen LogP contribution in [-0.4, -0.2) is 56.9 Å². The maximum Gasteiger partial charge on any atom is 0.339 e. The lowest BCUT2D eigenvalue weighted by molar-refractivity contribution is -0.152. The maximum absolute atomic E-state index is 13.1. The molecule has 2 aromatic carbocycles. The molecule has 176 valence electrons. The molecule has 1 aliphatic heterocycles. The van der Waals surface area contributed by atoms with Crippen LogP contribution in [-0.2, 0) is 29.1 Å². The zero-order valence-electron chi connectivity index (χ0n) is 18.4. The number of para-hydroxylation sites is 1. The standard InChI is InChI=1S/C23H26N2O7S/c1-16-10-12-17(13-11-16)33(29,30)25-14-6-5-9-20(25)23(28)32-15-21(26)24-19-8-4-3-7-18(19)22(27)31-2/h3-4,7-8,10-13,20H,5-6,9,14-15H2,1-2H3,(H,24,26). The van der Waals surface area contributed by atoms with E-state index in [0.29, 0.717) is 19.3 Å². The number of amides is 1. The predicted molar refractivity (Wildman–Crippen MR) is 120 cm³/mol. The van der Waals surface area contributed by atoms with E-state index in [1.807, 2.05) is 6.92 Å². The third kappa shape index (κ3) is 5.77. The zero-order valence-corrected chi connectivity index (χ0v) is 19.3. The minimum absolute atomic E-state index is 0.102. The van der Waals surface area contributed by atoms with Crippen molar-refractivity contribution in [2.24, 2.45) is 0 Å². The second-order valence-electron chi connectivity index (χ2n) is 7.63. The van der Waals surface area contributed by atoms with Crippen LogP contribution < -0.4 is 5.32 Å². The quantitative estimate of drug-likeness (QED) is 0.613. The summed E-state index contributed by atoms with van der Waals surface area (Å²) in [5.74, 6) is -2.08. The van der Waals surface area contributed by atoms with E-state index in [4.69, 9.17) is 4.74 Å². The highest BCUT2D eigenvalue weighted by molar-refractivity contribution is 7.89. The predicted octanol–water partition coefficient (Wildman–Crippen LogP) is 2.51. The van der Waals surface area contributed by atoms with Gasteiger partial charge in [0.05, 0.1) is 23.3 Å². The molecule has 1 atom stereocenters. The molecule has 2 aromatic rings. The molecule has 0 radical (unpaired) electrons. The Bertz CT molecular complexity index is 1130. The van der Waals surface area contributed by atoms with Crippen LogP contribution in [0.1, 0.15) is 35.2 Å². The average Bonchev–Trinajstić information content (AvgIpc) is 2.82. The molecule has 0 spiro atoms. The van der Waals surface area contributed by atoms with E-state index in [9.17, 15) is 22.8 Å². The van der Waals surface area contributed by atoms with E-state index in [1.165, 1.54) is 31.4 Å². The number of carbonyl (C=O) groups excluding carboxylic acids is 3. The highest BCUT2D eigenvalue weighted by Gasteiger charge is 2.38. The smallest absolute Gasteiger partial charge is 0.339 e. The Kier molecular flexibility index (Phi) is 7.83. The lowest BCUT2D eigenvalue weighted by Gasteiger charge is -2.33. The summed E-state index contributed by atoms with van der Waals surface area (Å²) < 4.78 is 37.2. The summed E-state index contributed by atoms with van der Waals surface area (Å²) in [5.41, 5.74) is 1.29. The molecule has 10 heteroatoms. The number of rotatable bonds is 7. The summed E-state index contributed by atoms with van der Waals surface area (Å²) >= 11 is 0. The molecule has 1 amide bonds. The van der Waals surface area contributed by atoms with Crippen LogP contribution in [0.3, 0.4) is 0 Å². The fraction of sp³-hybridized carbons (Fsp3) is 0.348. The Balaban J connectivity index is 1.67. The van der Waals surface area contributed by atoms with Gasteiger partial charge in [-0.05, 0) is 50.5 Å². The first kappa shape index (κ1) is 24.4. The molecule has 0 aliphatic carbocycles. The lowest BCUT2D eigenvalue weighted by atomic mass is 10.1. The third-order valence-electron chi connectivity index (χ3n) is 5.31. The molecule has 1 unspecified atom stereocenters. The van der Waals surface area contributed by atoms with Gasteiger partial charge in [-0.25, -0.2) is 13.2 Å². The highest BCUT2D eigenvalue weighted by atomic mass is 32.2. The first-order valence-corrected chi connectivity index (χ1v) is 11.9. The monoisotopic (exact) mass is 474 g/mol. The van der Waals surface area contributed by atoms with Gasteiger partial charge < -0.3 is 14.8 Å². The van der Waals surface area contributed by atoms with Gasteiger partial charge in [-0.2, -0.15) is 4.31 Å². The number of hydrogen-bond donors (Lipinski definition) is 1. The molecule has 0 saturated carbocycles. The number of hydrogen-bond acceptors (Lipinski definition) is 7. The van der Waals surface area contributed by atoms with Crippen molar-refractivity contribution in [3.8, 4) is 0 Å². The van der Waals surface area contributed by atoms with Crippen LogP contribution in [0.4, 0.5) is 5.69 Å². The van der Waals surface area contributed by atoms with Crippen LogP contribution in [0.25, 0.3) is 0 Å². The molecule has 1 N–H and O–H groups in total. The summed E-state index contributed by atoms with van der Waals surface area (Å²) in [6.45, 7) is 1.42. The van der Waals surface area contributed by atoms with Crippen molar-refractivity contribution >= 4 is 33.6 Å². The van der Waals surface area contributed by atoms with E-state index >= 15 is 0 Å². The van der Waals surface area contributed by atoms with Crippen LogP contribution in [0.5, 0.6) is 0 Å². The second kappa shape index (κ2) is 10.6. The van der Waals surface area contributed by atoms with Gasteiger partial charge in [0.2, 0.25) is 10.0 Å². The summed E-state index contributed by atoms with van der Waals surface area (Å²) in [7, 11) is -2.67. The van der Waals surface area contributed by atoms with Crippen molar-refractivity contribution in [2.45, 2.75) is 37.1 Å². The summed E-state index contributed by atoms with van der Waals surface area (Å²) in [5, 5.41) is 2.51. The summed E-state index contributed by atoms with van der Waals surface area (Å²) in [6.07, 6.45) is 1.59. The number of sulfonamides is 1. The molecule has 1 heterocycles. The fourth-order valence-electron chi connectivity index (χ4n) is 3.57. The molecule has 1 aliphatic rings. The van der Waals surface area contributed by atoms with Crippen molar-refractivity contribution in [1.82, 2.24) is 4.31 Å². The van der Waals surface area contributed by atoms with E-state index in [0.717, 1.165) is 9.87 Å². The Morgan fingerprint density at radius 2 is 1.76 bits per heavy atom. The Hall–Kier alpha value is -3.24. The Morgan fingerprint density at radius 1 is 1.06 bits per heavy atom. The molecule has 0 aromatic heterocycles. The number of aryl methyl sites for hydroxylation is 1. The number of nitrogens with one attached hydrogen (secondary N) is 1. The van der Waals surface area contributed by atoms with Crippen LogP contribution in [0.15, 0.2) is 53.4 Å². The van der Waals surface area contributed by atoms with Crippen molar-refractivity contribution in [2.75, 3.05) is 25.6 Å². The summed E-state index contributed by atoms with van der Waals surface area (Å²) in [6, 6.07) is 11.6. The number of benzene rings is 2. The Labute approximate surface area is 192 Å². The molecular formula is C23H26N2O7S. The van der Waals surface area contributed by atoms with E-state index in [-0.39, 0.29) is 22.7 Å². The summed E-state index contributed by atoms with van der Waals surface area (Å²) in [4.78, 5) is 37.0. The molecule has 0 bridgehead atoms. The second-order valence-corrected chi connectivity index (χ2v) is 9.52. The number of anilines is 1. The molecule has 1 saturated heterocycles. The first-order valence-electron chi connectivity index (χ1n) is 10.5. The fourth-order valence-corrected chi connectivity index (χ4v) is 5.22. The minimum atomic E-state index is -3.90. The van der Waals surface area contributed by atoms with Gasteiger partial charge in [0.25, 0.3) is 5.91 Å². The van der Waals surface area contributed by atoms with Gasteiger partial charge in [0, 0.05) is 6.54 Å². The number of carbonyl (C=O) groups is 3.